The molecule has 2 fully saturated rings. The maximum Gasteiger partial charge on any atom is 0.0221 e. The first kappa shape index (κ1) is 11.5. The molecule has 0 spiro atoms. The first-order chi connectivity index (χ1) is 4.40. The first-order valence-electron chi connectivity index (χ1n) is 3.86. The van der Waals surface area contributed by atoms with E-state index in [0.29, 0.717) is 6.04 Å². The quantitative estimate of drug-likeness (QED) is 0.659. The van der Waals surface area contributed by atoms with E-state index in [1.54, 1.807) is 0 Å². The minimum Gasteiger partial charge on any atom is -0.329 e. The lowest BCUT2D eigenvalue weighted by Gasteiger charge is -2.20. The minimum absolute atomic E-state index is 0. The van der Waals surface area contributed by atoms with Gasteiger partial charge in [0.15, 0.2) is 0 Å². The first-order valence-corrected chi connectivity index (χ1v) is 3.86. The molecule has 11 heavy (non-hydrogen) atoms. The monoisotopic (exact) mass is 198 g/mol. The van der Waals surface area contributed by atoms with Crippen molar-refractivity contribution in [3.05, 3.63) is 0 Å². The number of halogens is 2. The van der Waals surface area contributed by atoms with E-state index in [1.165, 1.54) is 19.3 Å². The molecule has 1 saturated heterocycles. The number of nitrogens with two attached hydrogens (primary N) is 1. The molecule has 0 aromatic heterocycles. The van der Waals surface area contributed by atoms with Gasteiger partial charge in [0.05, 0.1) is 0 Å². The van der Waals surface area contributed by atoms with Crippen molar-refractivity contribution in [2.45, 2.75) is 31.3 Å². The zero-order valence-corrected chi connectivity index (χ0v) is 8.09. The predicted octanol–water partition coefficient (Wildman–Crippen LogP) is 0.929. The fourth-order valence-corrected chi connectivity index (χ4v) is 2.23. The van der Waals surface area contributed by atoms with Crippen molar-refractivity contribution in [3.63, 3.8) is 0 Å². The van der Waals surface area contributed by atoms with Gasteiger partial charge < -0.3 is 11.1 Å². The summed E-state index contributed by atoms with van der Waals surface area (Å²) >= 11 is 0. The van der Waals surface area contributed by atoms with Gasteiger partial charge in [-0.1, -0.05) is 0 Å². The Balaban J connectivity index is 0.000000500. The van der Waals surface area contributed by atoms with E-state index < -0.39 is 0 Å². The average molecular weight is 199 g/mol. The molecule has 1 aliphatic carbocycles. The summed E-state index contributed by atoms with van der Waals surface area (Å²) in [5.74, 6) is 0.917. The van der Waals surface area contributed by atoms with Crippen molar-refractivity contribution < 1.29 is 0 Å². The SMILES string of the molecule is Cl.Cl.NC[C@H]1N[C@H]2CC[C@@H]1C2. The molecule has 0 amide bonds. The Kier molecular flexibility index (Phi) is 4.71. The molecule has 2 nitrogen and oxygen atoms in total. The van der Waals surface area contributed by atoms with E-state index in [0.717, 1.165) is 18.5 Å². The van der Waals surface area contributed by atoms with E-state index >= 15 is 0 Å². The van der Waals surface area contributed by atoms with Crippen LogP contribution < -0.4 is 11.1 Å². The zero-order chi connectivity index (χ0) is 6.27. The standard InChI is InChI=1S/C7H14N2.2ClH/c8-4-7-5-1-2-6(3-5)9-7;;/h5-7,9H,1-4,8H2;2*1H/t5-,6+,7-;;/m1../s1. The van der Waals surface area contributed by atoms with E-state index in [-0.39, 0.29) is 24.8 Å². The number of hydrogen-bond acceptors (Lipinski definition) is 2. The molecule has 1 heterocycles. The summed E-state index contributed by atoms with van der Waals surface area (Å²) in [6.45, 7) is 0.834. The second kappa shape index (κ2) is 4.51. The third kappa shape index (κ3) is 2.00. The highest BCUT2D eigenvalue weighted by Gasteiger charge is 2.37. The fraction of sp³-hybridized carbons (Fsp3) is 1.00. The fourth-order valence-electron chi connectivity index (χ4n) is 2.23. The molecule has 2 aliphatic rings. The summed E-state index contributed by atoms with van der Waals surface area (Å²) in [6.07, 6.45) is 4.20. The minimum atomic E-state index is 0. The summed E-state index contributed by atoms with van der Waals surface area (Å²) in [4.78, 5) is 0. The predicted molar refractivity (Wildman–Crippen MR) is 51.6 cm³/mol. The lowest BCUT2D eigenvalue weighted by atomic mass is 10.0. The number of rotatable bonds is 1. The van der Waals surface area contributed by atoms with Crippen molar-refractivity contribution in [2.75, 3.05) is 6.54 Å². The van der Waals surface area contributed by atoms with Gasteiger partial charge in [-0.05, 0) is 25.2 Å². The highest BCUT2D eigenvalue weighted by Crippen LogP contribution is 2.34. The second-order valence-electron chi connectivity index (χ2n) is 3.28. The van der Waals surface area contributed by atoms with Gasteiger partial charge in [0.1, 0.15) is 0 Å². The Hall–Kier alpha value is 0.500. The van der Waals surface area contributed by atoms with Crippen molar-refractivity contribution in [1.82, 2.24) is 5.32 Å². The highest BCUT2D eigenvalue weighted by molar-refractivity contribution is 5.85. The molecular weight excluding hydrogens is 183 g/mol. The Morgan fingerprint density at radius 2 is 2.00 bits per heavy atom. The highest BCUT2D eigenvalue weighted by atomic mass is 35.5. The van der Waals surface area contributed by atoms with E-state index in [1.807, 2.05) is 0 Å². The molecule has 0 radical (unpaired) electrons. The summed E-state index contributed by atoms with van der Waals surface area (Å²) in [7, 11) is 0. The molecule has 2 bridgehead atoms. The van der Waals surface area contributed by atoms with Gasteiger partial charge in [0.25, 0.3) is 0 Å². The van der Waals surface area contributed by atoms with Crippen molar-refractivity contribution in [2.24, 2.45) is 11.7 Å². The van der Waals surface area contributed by atoms with Crippen LogP contribution in [0.15, 0.2) is 0 Å². The molecule has 68 valence electrons. The normalized spacial score (nSPS) is 39.5. The third-order valence-electron chi connectivity index (χ3n) is 2.75. The van der Waals surface area contributed by atoms with Gasteiger partial charge >= 0.3 is 0 Å². The van der Waals surface area contributed by atoms with Crippen LogP contribution in [0.4, 0.5) is 0 Å². The topological polar surface area (TPSA) is 38.0 Å². The van der Waals surface area contributed by atoms with Crippen molar-refractivity contribution >= 4 is 24.8 Å². The van der Waals surface area contributed by atoms with Gasteiger partial charge in [-0.3, -0.25) is 0 Å². The Morgan fingerprint density at radius 1 is 1.27 bits per heavy atom. The molecule has 2 rings (SSSR count). The lowest BCUT2D eigenvalue weighted by Crippen LogP contribution is -2.40. The van der Waals surface area contributed by atoms with Crippen LogP contribution in [-0.4, -0.2) is 18.6 Å². The summed E-state index contributed by atoms with van der Waals surface area (Å²) in [6, 6.07) is 1.48. The van der Waals surface area contributed by atoms with Gasteiger partial charge in [-0.2, -0.15) is 0 Å². The van der Waals surface area contributed by atoms with E-state index in [2.05, 4.69) is 5.32 Å². The smallest absolute Gasteiger partial charge is 0.0221 e. The summed E-state index contributed by atoms with van der Waals surface area (Å²) in [5.41, 5.74) is 5.56. The molecule has 0 unspecified atom stereocenters. The third-order valence-corrected chi connectivity index (χ3v) is 2.75. The van der Waals surface area contributed by atoms with Gasteiger partial charge in [0, 0.05) is 18.6 Å². The maximum atomic E-state index is 5.56. The Bertz CT molecular complexity index is 121. The van der Waals surface area contributed by atoms with Gasteiger partial charge in [0.2, 0.25) is 0 Å². The van der Waals surface area contributed by atoms with Crippen LogP contribution in [-0.2, 0) is 0 Å². The van der Waals surface area contributed by atoms with Crippen molar-refractivity contribution in [1.29, 1.82) is 0 Å². The molecule has 4 heteroatoms. The number of hydrogen-bond donors (Lipinski definition) is 2. The maximum absolute atomic E-state index is 5.56. The molecule has 1 saturated carbocycles. The summed E-state index contributed by atoms with van der Waals surface area (Å²) in [5, 5.41) is 3.52. The second-order valence-corrected chi connectivity index (χ2v) is 3.28. The van der Waals surface area contributed by atoms with Crippen LogP contribution in [0, 0.1) is 5.92 Å². The average Bonchev–Trinajstić information content (AvgIpc) is 2.45. The Morgan fingerprint density at radius 3 is 2.27 bits per heavy atom. The van der Waals surface area contributed by atoms with Crippen LogP contribution in [0.25, 0.3) is 0 Å². The van der Waals surface area contributed by atoms with Crippen LogP contribution in [0.3, 0.4) is 0 Å². The molecule has 3 N–H and O–H groups in total. The van der Waals surface area contributed by atoms with Gasteiger partial charge in [-0.25, -0.2) is 0 Å². The van der Waals surface area contributed by atoms with E-state index in [4.69, 9.17) is 5.73 Å². The molecule has 3 atom stereocenters. The summed E-state index contributed by atoms with van der Waals surface area (Å²) < 4.78 is 0. The van der Waals surface area contributed by atoms with Crippen molar-refractivity contribution in [3.8, 4) is 0 Å². The lowest BCUT2D eigenvalue weighted by molar-refractivity contribution is 0.388. The number of fused-ring (bicyclic) bond motifs is 2. The van der Waals surface area contributed by atoms with Crippen LogP contribution >= 0.6 is 24.8 Å². The number of nitrogens with one attached hydrogen (secondary N) is 1. The largest absolute Gasteiger partial charge is 0.329 e. The molecule has 1 aliphatic heterocycles. The van der Waals surface area contributed by atoms with Crippen LogP contribution in [0.2, 0.25) is 0 Å². The molecule has 0 aromatic rings. The zero-order valence-electron chi connectivity index (χ0n) is 6.45. The molecule has 0 aromatic carbocycles. The van der Waals surface area contributed by atoms with E-state index in [9.17, 15) is 0 Å². The van der Waals surface area contributed by atoms with Crippen LogP contribution in [0.5, 0.6) is 0 Å². The number of piperidine rings is 1. The molecular formula is C7H16Cl2N2. The van der Waals surface area contributed by atoms with Crippen LogP contribution in [0.1, 0.15) is 19.3 Å². The van der Waals surface area contributed by atoms with Gasteiger partial charge in [-0.15, -0.1) is 24.8 Å². The Labute approximate surface area is 80.1 Å².